The second kappa shape index (κ2) is 7.79. The van der Waals surface area contributed by atoms with E-state index >= 15 is 0 Å². The summed E-state index contributed by atoms with van der Waals surface area (Å²) < 4.78 is 12.7. The molecule has 1 aromatic heterocycles. The molecule has 0 fully saturated rings. The van der Waals surface area contributed by atoms with E-state index in [0.717, 1.165) is 11.0 Å². The fraction of sp³-hybridized carbons (Fsp3) is 0.0952. The van der Waals surface area contributed by atoms with Crippen LogP contribution in [0.1, 0.15) is 0 Å². The van der Waals surface area contributed by atoms with Crippen molar-refractivity contribution in [2.24, 2.45) is 0 Å². The third kappa shape index (κ3) is 3.78. The lowest BCUT2D eigenvalue weighted by atomic mass is 10.3. The number of amides is 1. The number of fused-ring (bicyclic) bond motifs is 1. The number of para-hydroxylation sites is 3. The summed E-state index contributed by atoms with van der Waals surface area (Å²) in [4.78, 5) is 12.3. The lowest BCUT2D eigenvalue weighted by Crippen LogP contribution is -2.19. The van der Waals surface area contributed by atoms with E-state index in [2.05, 4.69) is 15.6 Å². The average Bonchev–Trinajstić information content (AvgIpc) is 3.13. The molecule has 4 aromatic rings. The fourth-order valence-electron chi connectivity index (χ4n) is 2.81. The molecule has 0 saturated carbocycles. The van der Waals surface area contributed by atoms with Gasteiger partial charge in [-0.2, -0.15) is 0 Å². The van der Waals surface area contributed by atoms with E-state index in [1.807, 2.05) is 48.5 Å². The highest BCUT2D eigenvalue weighted by Crippen LogP contribution is 2.31. The topological polar surface area (TPSA) is 78.3 Å². The predicted octanol–water partition coefficient (Wildman–Crippen LogP) is 3.87. The zero-order valence-corrected chi connectivity index (χ0v) is 15.2. The van der Waals surface area contributed by atoms with Crippen LogP contribution in [0, 0.1) is 0 Å². The van der Waals surface area contributed by atoms with Gasteiger partial charge >= 0.3 is 0 Å². The Morgan fingerprint density at radius 1 is 0.964 bits per heavy atom. The Morgan fingerprint density at radius 2 is 1.68 bits per heavy atom. The molecule has 28 heavy (non-hydrogen) atoms. The molecule has 0 aliphatic heterocycles. The van der Waals surface area contributed by atoms with Crippen LogP contribution in [0.4, 0.5) is 5.69 Å². The number of benzene rings is 3. The van der Waals surface area contributed by atoms with Crippen LogP contribution < -0.4 is 14.8 Å². The van der Waals surface area contributed by atoms with Crippen molar-refractivity contribution in [1.82, 2.24) is 15.0 Å². The van der Waals surface area contributed by atoms with Gasteiger partial charge in [-0.15, -0.1) is 5.10 Å². The lowest BCUT2D eigenvalue weighted by Gasteiger charge is -2.11. The van der Waals surface area contributed by atoms with Crippen molar-refractivity contribution in [3.63, 3.8) is 0 Å². The molecule has 0 aliphatic carbocycles. The largest absolute Gasteiger partial charge is 0.493 e. The fourth-order valence-corrected chi connectivity index (χ4v) is 2.81. The maximum atomic E-state index is 12.3. The SMILES string of the molecule is COc1ccccc1Oc1ccc(NC(=O)Cn2nnc3ccccc32)cc1. The molecule has 7 heteroatoms. The van der Waals surface area contributed by atoms with Crippen molar-refractivity contribution in [2.75, 3.05) is 12.4 Å². The van der Waals surface area contributed by atoms with Gasteiger partial charge in [0.15, 0.2) is 11.5 Å². The van der Waals surface area contributed by atoms with Gasteiger partial charge in [0.2, 0.25) is 5.91 Å². The van der Waals surface area contributed by atoms with Crippen LogP contribution in [0.5, 0.6) is 17.2 Å². The van der Waals surface area contributed by atoms with Crippen LogP contribution >= 0.6 is 0 Å². The molecular formula is C21H18N4O3. The standard InChI is InChI=1S/C21H18N4O3/c1-27-19-8-4-5-9-20(19)28-16-12-10-15(11-13-16)22-21(26)14-25-18-7-3-2-6-17(18)23-24-25/h2-13H,14H2,1H3,(H,22,26). The van der Waals surface area contributed by atoms with Crippen molar-refractivity contribution in [3.8, 4) is 17.2 Å². The van der Waals surface area contributed by atoms with Crippen LogP contribution in [0.3, 0.4) is 0 Å². The molecule has 140 valence electrons. The molecule has 0 saturated heterocycles. The van der Waals surface area contributed by atoms with Crippen LogP contribution in [0.2, 0.25) is 0 Å². The summed E-state index contributed by atoms with van der Waals surface area (Å²) in [5, 5.41) is 10.9. The van der Waals surface area contributed by atoms with Crippen LogP contribution in [0.25, 0.3) is 11.0 Å². The Labute approximate surface area is 161 Å². The average molecular weight is 374 g/mol. The van der Waals surface area contributed by atoms with E-state index in [1.54, 1.807) is 36.1 Å². The summed E-state index contributed by atoms with van der Waals surface area (Å²) in [5.74, 6) is 1.73. The Bertz CT molecular complexity index is 1110. The lowest BCUT2D eigenvalue weighted by molar-refractivity contribution is -0.116. The van der Waals surface area contributed by atoms with E-state index < -0.39 is 0 Å². The van der Waals surface area contributed by atoms with Crippen molar-refractivity contribution in [3.05, 3.63) is 72.8 Å². The minimum atomic E-state index is -0.186. The minimum Gasteiger partial charge on any atom is -0.493 e. The first-order chi connectivity index (χ1) is 13.7. The zero-order valence-electron chi connectivity index (χ0n) is 15.2. The second-order valence-electron chi connectivity index (χ2n) is 6.06. The van der Waals surface area contributed by atoms with Crippen molar-refractivity contribution >= 4 is 22.6 Å². The normalized spacial score (nSPS) is 10.6. The van der Waals surface area contributed by atoms with E-state index in [4.69, 9.17) is 9.47 Å². The minimum absolute atomic E-state index is 0.0833. The van der Waals surface area contributed by atoms with Gasteiger partial charge in [-0.05, 0) is 48.5 Å². The molecule has 4 rings (SSSR count). The molecule has 0 bridgehead atoms. The van der Waals surface area contributed by atoms with Crippen LogP contribution in [0.15, 0.2) is 72.8 Å². The molecule has 0 radical (unpaired) electrons. The molecule has 7 nitrogen and oxygen atoms in total. The molecule has 1 heterocycles. The Morgan fingerprint density at radius 3 is 2.46 bits per heavy atom. The summed E-state index contributed by atoms with van der Waals surface area (Å²) in [6.45, 7) is 0.0833. The number of carbonyl (C=O) groups is 1. The van der Waals surface area contributed by atoms with Gasteiger partial charge in [-0.3, -0.25) is 4.79 Å². The number of hydrogen-bond donors (Lipinski definition) is 1. The van der Waals surface area contributed by atoms with Gasteiger partial charge in [0.25, 0.3) is 0 Å². The number of methoxy groups -OCH3 is 1. The highest BCUT2D eigenvalue weighted by atomic mass is 16.5. The third-order valence-electron chi connectivity index (χ3n) is 4.15. The quantitative estimate of drug-likeness (QED) is 0.554. The first-order valence-electron chi connectivity index (χ1n) is 8.72. The number of hydrogen-bond acceptors (Lipinski definition) is 5. The van der Waals surface area contributed by atoms with Crippen molar-refractivity contribution in [2.45, 2.75) is 6.54 Å². The highest BCUT2D eigenvalue weighted by Gasteiger charge is 2.09. The van der Waals surface area contributed by atoms with Gasteiger partial charge in [0, 0.05) is 5.69 Å². The number of aromatic nitrogens is 3. The molecule has 0 aliphatic rings. The molecule has 1 N–H and O–H groups in total. The monoisotopic (exact) mass is 374 g/mol. The Balaban J connectivity index is 1.41. The zero-order chi connectivity index (χ0) is 19.3. The Kier molecular flexibility index (Phi) is 4.88. The number of rotatable bonds is 6. The first kappa shape index (κ1) is 17.5. The highest BCUT2D eigenvalue weighted by molar-refractivity contribution is 5.91. The maximum absolute atomic E-state index is 12.3. The Hall–Kier alpha value is -3.87. The van der Waals surface area contributed by atoms with Gasteiger partial charge in [-0.1, -0.05) is 29.5 Å². The number of anilines is 1. The van der Waals surface area contributed by atoms with Crippen LogP contribution in [-0.4, -0.2) is 28.0 Å². The third-order valence-corrected chi connectivity index (χ3v) is 4.15. The number of nitrogens with one attached hydrogen (secondary N) is 1. The van der Waals surface area contributed by atoms with Crippen molar-refractivity contribution in [1.29, 1.82) is 0 Å². The van der Waals surface area contributed by atoms with Gasteiger partial charge in [-0.25, -0.2) is 4.68 Å². The summed E-state index contributed by atoms with van der Waals surface area (Å²) in [5.41, 5.74) is 2.24. The number of ether oxygens (including phenoxy) is 2. The maximum Gasteiger partial charge on any atom is 0.246 e. The second-order valence-corrected chi connectivity index (χ2v) is 6.06. The number of carbonyl (C=O) groups excluding carboxylic acids is 1. The van der Waals surface area contributed by atoms with Gasteiger partial charge in [0.05, 0.1) is 12.6 Å². The van der Waals surface area contributed by atoms with E-state index in [1.165, 1.54) is 0 Å². The number of nitrogens with zero attached hydrogens (tertiary/aromatic N) is 3. The molecular weight excluding hydrogens is 356 g/mol. The van der Waals surface area contributed by atoms with E-state index in [9.17, 15) is 4.79 Å². The molecule has 0 spiro atoms. The predicted molar refractivity (Wildman–Crippen MR) is 106 cm³/mol. The molecule has 0 unspecified atom stereocenters. The summed E-state index contributed by atoms with van der Waals surface area (Å²) in [6, 6.07) is 22.1. The summed E-state index contributed by atoms with van der Waals surface area (Å²) in [6.07, 6.45) is 0. The van der Waals surface area contributed by atoms with E-state index in [0.29, 0.717) is 22.9 Å². The molecule has 3 aromatic carbocycles. The van der Waals surface area contributed by atoms with Crippen LogP contribution in [-0.2, 0) is 11.3 Å². The van der Waals surface area contributed by atoms with Gasteiger partial charge in [0.1, 0.15) is 17.8 Å². The molecule has 0 atom stereocenters. The molecule has 1 amide bonds. The van der Waals surface area contributed by atoms with Gasteiger partial charge < -0.3 is 14.8 Å². The van der Waals surface area contributed by atoms with Crippen molar-refractivity contribution < 1.29 is 14.3 Å². The first-order valence-corrected chi connectivity index (χ1v) is 8.72. The smallest absolute Gasteiger partial charge is 0.246 e. The summed E-state index contributed by atoms with van der Waals surface area (Å²) >= 11 is 0. The van der Waals surface area contributed by atoms with E-state index in [-0.39, 0.29) is 12.5 Å². The summed E-state index contributed by atoms with van der Waals surface area (Å²) in [7, 11) is 1.60.